The summed E-state index contributed by atoms with van der Waals surface area (Å²) in [5.74, 6) is 1.05. The van der Waals surface area contributed by atoms with Gasteiger partial charge in [0.15, 0.2) is 0 Å². The summed E-state index contributed by atoms with van der Waals surface area (Å²) in [4.78, 5) is 2.57. The van der Waals surface area contributed by atoms with Crippen LogP contribution in [0.15, 0.2) is 22.7 Å². The van der Waals surface area contributed by atoms with Crippen molar-refractivity contribution < 1.29 is 4.74 Å². The van der Waals surface area contributed by atoms with E-state index in [0.29, 0.717) is 6.04 Å². The number of rotatable bonds is 3. The molecule has 116 valence electrons. The zero-order chi connectivity index (χ0) is 14.9. The summed E-state index contributed by atoms with van der Waals surface area (Å²) in [5.41, 5.74) is 1.31. The number of hydrogen-bond acceptors (Lipinski definition) is 3. The Morgan fingerprint density at radius 3 is 2.81 bits per heavy atom. The van der Waals surface area contributed by atoms with Crippen molar-refractivity contribution in [2.24, 2.45) is 0 Å². The molecule has 4 heteroatoms. The highest BCUT2D eigenvalue weighted by atomic mass is 79.9. The van der Waals surface area contributed by atoms with Crippen molar-refractivity contribution >= 4 is 15.9 Å². The second kappa shape index (κ2) is 6.27. The van der Waals surface area contributed by atoms with Gasteiger partial charge in [0.2, 0.25) is 0 Å². The Kier molecular flexibility index (Phi) is 4.57. The highest BCUT2D eigenvalue weighted by molar-refractivity contribution is 9.10. The van der Waals surface area contributed by atoms with Crippen molar-refractivity contribution in [3.63, 3.8) is 0 Å². The maximum Gasteiger partial charge on any atom is 0.126 e. The summed E-state index contributed by atoms with van der Waals surface area (Å²) in [6.45, 7) is 5.79. The summed E-state index contributed by atoms with van der Waals surface area (Å²) >= 11 is 3.57. The summed E-state index contributed by atoms with van der Waals surface area (Å²) in [7, 11) is 2.06. The smallest absolute Gasteiger partial charge is 0.126 e. The van der Waals surface area contributed by atoms with Gasteiger partial charge >= 0.3 is 0 Å². The van der Waals surface area contributed by atoms with Crippen LogP contribution >= 0.6 is 15.9 Å². The number of nitrogens with one attached hydrogen (secondary N) is 1. The van der Waals surface area contributed by atoms with Gasteiger partial charge in [0, 0.05) is 35.6 Å². The van der Waals surface area contributed by atoms with E-state index in [-0.39, 0.29) is 5.60 Å². The molecule has 1 aromatic rings. The van der Waals surface area contributed by atoms with E-state index in [2.05, 4.69) is 58.3 Å². The van der Waals surface area contributed by atoms with E-state index < -0.39 is 0 Å². The van der Waals surface area contributed by atoms with Crippen LogP contribution in [0, 0.1) is 0 Å². The fourth-order valence-corrected chi connectivity index (χ4v) is 4.05. The molecule has 1 aromatic carbocycles. The van der Waals surface area contributed by atoms with Crippen LogP contribution in [0.4, 0.5) is 0 Å². The normalized spacial score (nSPS) is 24.6. The molecule has 0 amide bonds. The molecular weight excluding hydrogens is 328 g/mol. The van der Waals surface area contributed by atoms with E-state index in [4.69, 9.17) is 4.74 Å². The molecule has 0 aromatic heterocycles. The topological polar surface area (TPSA) is 24.5 Å². The second-order valence-electron chi connectivity index (χ2n) is 6.35. The van der Waals surface area contributed by atoms with Crippen molar-refractivity contribution in [2.45, 2.75) is 44.2 Å². The van der Waals surface area contributed by atoms with Gasteiger partial charge in [-0.2, -0.15) is 0 Å². The number of piperidine rings is 1. The van der Waals surface area contributed by atoms with Gasteiger partial charge in [-0.25, -0.2) is 0 Å². The largest absolute Gasteiger partial charge is 0.487 e. The Labute approximate surface area is 136 Å². The second-order valence-corrected chi connectivity index (χ2v) is 7.27. The van der Waals surface area contributed by atoms with Crippen LogP contribution in [-0.4, -0.2) is 37.2 Å². The Balaban J connectivity index is 1.80. The summed E-state index contributed by atoms with van der Waals surface area (Å²) < 4.78 is 7.60. The average molecular weight is 353 g/mol. The molecule has 1 atom stereocenters. The van der Waals surface area contributed by atoms with E-state index in [1.54, 1.807) is 0 Å². The highest BCUT2D eigenvalue weighted by Crippen LogP contribution is 2.44. The van der Waals surface area contributed by atoms with E-state index in [0.717, 1.165) is 42.6 Å². The third-order valence-electron chi connectivity index (χ3n) is 4.91. The van der Waals surface area contributed by atoms with Crippen LogP contribution < -0.4 is 10.1 Å². The Bertz CT molecular complexity index is 498. The van der Waals surface area contributed by atoms with Gasteiger partial charge in [-0.05, 0) is 45.0 Å². The first-order valence-electron chi connectivity index (χ1n) is 8.04. The van der Waals surface area contributed by atoms with Gasteiger partial charge < -0.3 is 15.0 Å². The third kappa shape index (κ3) is 3.13. The molecule has 2 aliphatic heterocycles. The molecule has 2 heterocycles. The number of halogens is 1. The minimum atomic E-state index is 0.0196. The van der Waals surface area contributed by atoms with Gasteiger partial charge in [-0.1, -0.05) is 28.9 Å². The number of fused-ring (bicyclic) bond motifs is 1. The molecule has 0 radical (unpaired) electrons. The molecule has 3 rings (SSSR count). The lowest BCUT2D eigenvalue weighted by Gasteiger charge is -2.47. The van der Waals surface area contributed by atoms with Crippen LogP contribution in [0.1, 0.15) is 44.2 Å². The first-order valence-corrected chi connectivity index (χ1v) is 8.83. The van der Waals surface area contributed by atoms with Crippen LogP contribution in [0.3, 0.4) is 0 Å². The Hall–Kier alpha value is -0.580. The molecule has 21 heavy (non-hydrogen) atoms. The van der Waals surface area contributed by atoms with Crippen molar-refractivity contribution in [3.8, 4) is 5.75 Å². The first-order chi connectivity index (χ1) is 10.2. The Morgan fingerprint density at radius 1 is 1.38 bits per heavy atom. The van der Waals surface area contributed by atoms with Gasteiger partial charge in [-0.3, -0.25) is 0 Å². The Morgan fingerprint density at radius 2 is 2.14 bits per heavy atom. The van der Waals surface area contributed by atoms with E-state index in [9.17, 15) is 0 Å². The van der Waals surface area contributed by atoms with E-state index in [1.807, 2.05) is 0 Å². The molecule has 1 unspecified atom stereocenters. The standard InChI is InChI=1S/C17H25BrN2O/c1-3-8-20-9-6-17(7-10-20)12-15(19-2)14-5-4-13(18)11-16(14)21-17/h4-5,11,15,19H,3,6-10,12H2,1-2H3. The highest BCUT2D eigenvalue weighted by Gasteiger charge is 2.42. The fraction of sp³-hybridized carbons (Fsp3) is 0.647. The summed E-state index contributed by atoms with van der Waals surface area (Å²) in [6.07, 6.45) is 4.59. The number of nitrogens with zero attached hydrogens (tertiary/aromatic N) is 1. The lowest BCUT2D eigenvalue weighted by Crippen LogP contribution is -2.51. The molecule has 0 saturated carbocycles. The molecule has 0 aliphatic carbocycles. The van der Waals surface area contributed by atoms with Crippen LogP contribution in [0.5, 0.6) is 5.75 Å². The monoisotopic (exact) mass is 352 g/mol. The van der Waals surface area contributed by atoms with Crippen molar-refractivity contribution in [2.75, 3.05) is 26.7 Å². The predicted octanol–water partition coefficient (Wildman–Crippen LogP) is 3.74. The van der Waals surface area contributed by atoms with E-state index >= 15 is 0 Å². The molecule has 1 saturated heterocycles. The van der Waals surface area contributed by atoms with Gasteiger partial charge in [0.1, 0.15) is 11.4 Å². The molecule has 3 nitrogen and oxygen atoms in total. The lowest BCUT2D eigenvalue weighted by molar-refractivity contribution is -0.0245. The van der Waals surface area contributed by atoms with Gasteiger partial charge in [0.25, 0.3) is 0 Å². The van der Waals surface area contributed by atoms with Crippen molar-refractivity contribution in [3.05, 3.63) is 28.2 Å². The molecule has 1 N–H and O–H groups in total. The number of ether oxygens (including phenoxy) is 1. The van der Waals surface area contributed by atoms with Crippen LogP contribution in [0.2, 0.25) is 0 Å². The fourth-order valence-electron chi connectivity index (χ4n) is 3.71. The third-order valence-corrected chi connectivity index (χ3v) is 5.40. The maximum absolute atomic E-state index is 6.50. The number of benzene rings is 1. The van der Waals surface area contributed by atoms with Gasteiger partial charge in [-0.15, -0.1) is 0 Å². The molecule has 1 spiro atoms. The minimum absolute atomic E-state index is 0.0196. The zero-order valence-electron chi connectivity index (χ0n) is 13.0. The van der Waals surface area contributed by atoms with Crippen LogP contribution in [-0.2, 0) is 0 Å². The van der Waals surface area contributed by atoms with E-state index in [1.165, 1.54) is 18.5 Å². The SMILES string of the molecule is CCCN1CCC2(CC1)CC(NC)c1ccc(Br)cc1O2. The minimum Gasteiger partial charge on any atom is -0.487 e. The average Bonchev–Trinajstić information content (AvgIpc) is 2.49. The van der Waals surface area contributed by atoms with Crippen molar-refractivity contribution in [1.82, 2.24) is 10.2 Å². The van der Waals surface area contributed by atoms with Crippen molar-refractivity contribution in [1.29, 1.82) is 0 Å². The molecule has 1 fully saturated rings. The number of likely N-dealkylation sites (tertiary alicyclic amines) is 1. The molecular formula is C17H25BrN2O. The predicted molar refractivity (Wildman–Crippen MR) is 89.9 cm³/mol. The van der Waals surface area contributed by atoms with Crippen LogP contribution in [0.25, 0.3) is 0 Å². The quantitative estimate of drug-likeness (QED) is 0.896. The lowest BCUT2D eigenvalue weighted by atomic mass is 9.80. The number of hydrogen-bond donors (Lipinski definition) is 1. The molecule has 0 bridgehead atoms. The maximum atomic E-state index is 6.50. The zero-order valence-corrected chi connectivity index (χ0v) is 14.6. The molecule has 2 aliphatic rings. The summed E-state index contributed by atoms with van der Waals surface area (Å²) in [5, 5.41) is 3.48. The summed E-state index contributed by atoms with van der Waals surface area (Å²) in [6, 6.07) is 6.81. The van der Waals surface area contributed by atoms with Gasteiger partial charge in [0.05, 0.1) is 0 Å². The first kappa shape index (κ1) is 15.3.